The Kier molecular flexibility index (Phi) is 8.74. The van der Waals surface area contributed by atoms with Gasteiger partial charge in [0.05, 0.1) is 0 Å². The number of hydrogen-bond acceptors (Lipinski definition) is 0. The van der Waals surface area contributed by atoms with E-state index in [0.29, 0.717) is 0 Å². The average molecular weight is 721 g/mol. The Labute approximate surface area is 333 Å². The largest absolute Gasteiger partial charge is 0.243 e. The molecule has 0 aliphatic carbocycles. The van der Waals surface area contributed by atoms with E-state index in [4.69, 9.17) is 0 Å². The predicted molar refractivity (Wildman–Crippen MR) is 247 cm³/mol. The number of rotatable bonds is 6. The number of aryl methyl sites for hydroxylation is 9. The first-order valence-electron chi connectivity index (χ1n) is 20.1. The molecular weight excluding hydrogens is 671 g/mol. The van der Waals surface area contributed by atoms with Gasteiger partial charge in [-0.1, -0.05) is 194 Å². The van der Waals surface area contributed by atoms with Gasteiger partial charge in [-0.25, -0.2) is 0 Å². The maximum atomic E-state index is 2.55. The van der Waals surface area contributed by atoms with Gasteiger partial charge in [0, 0.05) is 0 Å². The van der Waals surface area contributed by atoms with Crippen molar-refractivity contribution in [2.24, 2.45) is 0 Å². The Balaban J connectivity index is 1.50. The van der Waals surface area contributed by atoms with Crippen LogP contribution in [0.4, 0.5) is 0 Å². The molecule has 0 nitrogen and oxygen atoms in total. The van der Waals surface area contributed by atoms with E-state index >= 15 is 0 Å². The van der Waals surface area contributed by atoms with Crippen LogP contribution in [0.1, 0.15) is 50.1 Å². The molecule has 0 heterocycles. The third-order valence-corrected chi connectivity index (χ3v) is 12.4. The van der Waals surface area contributed by atoms with Crippen molar-refractivity contribution in [1.82, 2.24) is 0 Å². The fraction of sp³-hybridized carbons (Fsp3) is 0.164. The molecule has 0 N–H and O–H groups in total. The third-order valence-electron chi connectivity index (χ3n) is 12.4. The fourth-order valence-electron chi connectivity index (χ4n) is 9.92. The molecule has 0 aromatic heterocycles. The van der Waals surface area contributed by atoms with E-state index in [0.717, 1.165) is 0 Å². The average Bonchev–Trinajstić information content (AvgIpc) is 3.16. The zero-order chi connectivity index (χ0) is 39.0. The summed E-state index contributed by atoms with van der Waals surface area (Å²) < 4.78 is 0. The summed E-state index contributed by atoms with van der Waals surface area (Å²) in [4.78, 5) is 0. The molecule has 0 saturated carbocycles. The van der Waals surface area contributed by atoms with Crippen LogP contribution in [0, 0.1) is 62.3 Å². The normalized spacial score (nSPS) is 11.7. The lowest BCUT2D eigenvalue weighted by atomic mass is 9.33. The maximum Gasteiger partial charge on any atom is 0.243 e. The highest BCUT2D eigenvalue weighted by Gasteiger charge is 2.32. The zero-order valence-electron chi connectivity index (χ0n) is 34.3. The Hall–Kier alpha value is -5.92. The topological polar surface area (TPSA) is 0 Å². The first-order chi connectivity index (χ1) is 27.0. The predicted octanol–water partition coefficient (Wildman–Crippen LogP) is 12.9. The van der Waals surface area contributed by atoms with Gasteiger partial charge in [-0.15, -0.1) is 0 Å². The molecule has 9 aromatic carbocycles. The third kappa shape index (κ3) is 5.93. The van der Waals surface area contributed by atoms with Crippen LogP contribution in [0.15, 0.2) is 133 Å². The highest BCUT2D eigenvalue weighted by molar-refractivity contribution is 6.98. The second-order valence-electron chi connectivity index (χ2n) is 16.7. The van der Waals surface area contributed by atoms with Crippen LogP contribution in [0.5, 0.6) is 0 Å². The minimum absolute atomic E-state index is 0.0399. The van der Waals surface area contributed by atoms with Crippen LogP contribution < -0.4 is 16.4 Å². The Morgan fingerprint density at radius 1 is 0.286 bits per heavy atom. The minimum atomic E-state index is 0.0399. The molecule has 0 radical (unpaired) electrons. The van der Waals surface area contributed by atoms with Crippen LogP contribution in [-0.2, 0) is 0 Å². The summed E-state index contributed by atoms with van der Waals surface area (Å²) in [6.07, 6.45) is 0. The summed E-state index contributed by atoms with van der Waals surface area (Å²) >= 11 is 0. The van der Waals surface area contributed by atoms with E-state index in [1.165, 1.54) is 132 Å². The summed E-state index contributed by atoms with van der Waals surface area (Å²) in [5.41, 5.74) is 23.6. The van der Waals surface area contributed by atoms with Crippen LogP contribution >= 0.6 is 0 Å². The molecule has 272 valence electrons. The van der Waals surface area contributed by atoms with Crippen LogP contribution in [-0.4, -0.2) is 6.71 Å². The van der Waals surface area contributed by atoms with Crippen molar-refractivity contribution in [3.63, 3.8) is 0 Å². The van der Waals surface area contributed by atoms with Gasteiger partial charge < -0.3 is 0 Å². The van der Waals surface area contributed by atoms with Crippen molar-refractivity contribution < 1.29 is 0 Å². The summed E-state index contributed by atoms with van der Waals surface area (Å²) in [6.45, 7) is 20.3. The lowest BCUT2D eigenvalue weighted by Crippen LogP contribution is -2.56. The monoisotopic (exact) mass is 720 g/mol. The summed E-state index contributed by atoms with van der Waals surface area (Å²) in [6, 6.07) is 51.5. The van der Waals surface area contributed by atoms with Crippen molar-refractivity contribution in [3.8, 4) is 33.4 Å². The second-order valence-corrected chi connectivity index (χ2v) is 16.7. The molecule has 0 aliphatic rings. The van der Waals surface area contributed by atoms with Crippen molar-refractivity contribution >= 4 is 55.4 Å². The fourth-order valence-corrected chi connectivity index (χ4v) is 9.92. The van der Waals surface area contributed by atoms with Gasteiger partial charge in [0.1, 0.15) is 0 Å². The van der Waals surface area contributed by atoms with E-state index in [1.807, 2.05) is 0 Å². The number of benzene rings is 9. The standard InChI is InChI=1S/C55H49B/c1-32-10-16-41(17-11-32)48-30-49(42-18-12-33(2)13-19-42)45-24-25-47-51(31-50(43-20-14-34(3)15-21-43)46-23-22-44(48)52(45)53(46)47)56(54-37(6)26-35(4)27-38(54)7)55-39(8)28-36(5)29-40(55)9/h10-31H,1-9H3. The molecule has 9 aromatic rings. The number of hydrogen-bond donors (Lipinski definition) is 0. The van der Waals surface area contributed by atoms with Crippen LogP contribution in [0.2, 0.25) is 0 Å². The SMILES string of the molecule is Cc1ccc(-c2cc(B(c3c(C)cc(C)cc3C)c3c(C)cc(C)cc3C)c3ccc4c(-c5ccc(C)cc5)cc(-c5ccc(C)cc5)c5ccc2c3c45)cc1. The lowest BCUT2D eigenvalue weighted by molar-refractivity contribution is 1.34. The zero-order valence-corrected chi connectivity index (χ0v) is 34.3. The summed E-state index contributed by atoms with van der Waals surface area (Å²) in [7, 11) is 0. The molecule has 0 unspecified atom stereocenters. The Bertz CT molecular complexity index is 2790. The quantitative estimate of drug-likeness (QED) is 0.119. The van der Waals surface area contributed by atoms with E-state index in [2.05, 4.69) is 196 Å². The highest BCUT2D eigenvalue weighted by Crippen LogP contribution is 2.46. The smallest absolute Gasteiger partial charge is 0.0629 e. The van der Waals surface area contributed by atoms with Crippen molar-refractivity contribution in [2.75, 3.05) is 0 Å². The Morgan fingerprint density at radius 2 is 0.589 bits per heavy atom. The van der Waals surface area contributed by atoms with E-state index in [1.54, 1.807) is 0 Å². The molecule has 56 heavy (non-hydrogen) atoms. The van der Waals surface area contributed by atoms with Crippen LogP contribution in [0.3, 0.4) is 0 Å². The van der Waals surface area contributed by atoms with Gasteiger partial charge in [0.2, 0.25) is 6.71 Å². The van der Waals surface area contributed by atoms with Crippen molar-refractivity contribution in [2.45, 2.75) is 62.3 Å². The summed E-state index contributed by atoms with van der Waals surface area (Å²) in [5, 5.41) is 7.92. The lowest BCUT2D eigenvalue weighted by Gasteiger charge is -2.28. The second kappa shape index (κ2) is 13.7. The van der Waals surface area contributed by atoms with Gasteiger partial charge in [0.15, 0.2) is 0 Å². The van der Waals surface area contributed by atoms with E-state index < -0.39 is 0 Å². The van der Waals surface area contributed by atoms with E-state index in [-0.39, 0.29) is 6.71 Å². The summed E-state index contributed by atoms with van der Waals surface area (Å²) in [5.74, 6) is 0. The first-order valence-corrected chi connectivity index (χ1v) is 20.1. The van der Waals surface area contributed by atoms with Gasteiger partial charge in [-0.05, 0) is 134 Å². The molecule has 0 bridgehead atoms. The molecule has 0 saturated heterocycles. The molecule has 0 aliphatic heterocycles. The van der Waals surface area contributed by atoms with Gasteiger partial charge in [-0.3, -0.25) is 0 Å². The first kappa shape index (κ1) is 35.8. The molecular formula is C55H49B. The van der Waals surface area contributed by atoms with Gasteiger partial charge >= 0.3 is 0 Å². The Morgan fingerprint density at radius 3 is 0.946 bits per heavy atom. The molecule has 1 heteroatoms. The molecule has 0 spiro atoms. The maximum absolute atomic E-state index is 2.55. The highest BCUT2D eigenvalue weighted by atomic mass is 14.2. The molecule has 0 fully saturated rings. The molecule has 0 atom stereocenters. The van der Waals surface area contributed by atoms with E-state index in [9.17, 15) is 0 Å². The van der Waals surface area contributed by atoms with Gasteiger partial charge in [-0.2, -0.15) is 0 Å². The van der Waals surface area contributed by atoms with Crippen molar-refractivity contribution in [1.29, 1.82) is 0 Å². The van der Waals surface area contributed by atoms with Crippen LogP contribution in [0.25, 0.3) is 65.7 Å². The minimum Gasteiger partial charge on any atom is -0.0629 e. The van der Waals surface area contributed by atoms with Gasteiger partial charge in [0.25, 0.3) is 0 Å². The molecule has 9 rings (SSSR count). The van der Waals surface area contributed by atoms with Crippen molar-refractivity contribution in [3.05, 3.63) is 184 Å². The molecule has 0 amide bonds.